The maximum Gasteiger partial charge on any atom is 0.472 e. The van der Waals surface area contributed by atoms with Gasteiger partial charge in [0, 0.05) is 42.4 Å². The summed E-state index contributed by atoms with van der Waals surface area (Å²) in [6.07, 6.45) is -5.81. The minimum atomic E-state index is -5.34. The quantitative estimate of drug-likeness (QED) is 0.0365. The zero-order valence-corrected chi connectivity index (χ0v) is 29.4. The predicted molar refractivity (Wildman–Crippen MR) is 155 cm³/mol. The third-order valence-electron chi connectivity index (χ3n) is 6.68. The van der Waals surface area contributed by atoms with Crippen molar-refractivity contribution in [3.05, 3.63) is 0 Å². The number of hydrogen-bond acceptors (Lipinski definition) is 13. The molecule has 0 spiro atoms. The van der Waals surface area contributed by atoms with Gasteiger partial charge in [0.1, 0.15) is 43.2 Å². The Bertz CT molecular complexity index is 921. The van der Waals surface area contributed by atoms with Gasteiger partial charge >= 0.3 is 27.6 Å². The number of aliphatic hydroxyl groups excluding tert-OH is 4. The van der Waals surface area contributed by atoms with Gasteiger partial charge in [-0.25, -0.2) is 9.13 Å². The van der Waals surface area contributed by atoms with Gasteiger partial charge in [0.25, 0.3) is 0 Å². The van der Waals surface area contributed by atoms with Crippen molar-refractivity contribution in [2.24, 2.45) is 0 Å². The van der Waals surface area contributed by atoms with Gasteiger partial charge in [-0.05, 0) is 12.8 Å². The van der Waals surface area contributed by atoms with Crippen LogP contribution in [0.1, 0.15) is 90.9 Å². The third-order valence-corrected chi connectivity index (χ3v) is 8.18. The van der Waals surface area contributed by atoms with Crippen molar-refractivity contribution in [3.63, 3.8) is 0 Å². The van der Waals surface area contributed by atoms with Crippen LogP contribution in [0.25, 0.3) is 0 Å². The van der Waals surface area contributed by atoms with Crippen molar-refractivity contribution in [1.29, 1.82) is 0 Å². The van der Waals surface area contributed by atoms with Crippen LogP contribution in [0, 0.1) is 0 Å². The molecule has 0 amide bonds. The van der Waals surface area contributed by atoms with E-state index in [0.29, 0.717) is 12.8 Å². The number of carbonyl (C=O) groups excluding carboxylic acids is 2. The van der Waals surface area contributed by atoms with Crippen molar-refractivity contribution >= 4 is 57.1 Å². The summed E-state index contributed by atoms with van der Waals surface area (Å²) in [7, 11) is -10.6. The van der Waals surface area contributed by atoms with Crippen LogP contribution < -0.4 is 0 Å². The fourth-order valence-corrected chi connectivity index (χ4v) is 5.86. The molecule has 1 saturated carbocycles. The summed E-state index contributed by atoms with van der Waals surface area (Å²) < 4.78 is 48.3. The van der Waals surface area contributed by atoms with E-state index < -0.39 is 83.5 Å². The van der Waals surface area contributed by atoms with Gasteiger partial charge in [0.15, 0.2) is 6.10 Å². The van der Waals surface area contributed by atoms with Crippen LogP contribution in [0.15, 0.2) is 0 Å². The van der Waals surface area contributed by atoms with Crippen LogP contribution in [0.3, 0.4) is 0 Å². The summed E-state index contributed by atoms with van der Waals surface area (Å²) in [6, 6.07) is 0. The first-order valence-electron chi connectivity index (χ1n) is 14.6. The first-order valence-corrected chi connectivity index (χ1v) is 17.6. The van der Waals surface area contributed by atoms with Gasteiger partial charge in [-0.2, -0.15) is 0 Å². The molecule has 8 atom stereocenters. The number of phosphoric ester groups is 2. The van der Waals surface area contributed by atoms with E-state index >= 15 is 0 Å². The van der Waals surface area contributed by atoms with Gasteiger partial charge in [-0.15, -0.1) is 0 Å². The molecule has 19 heteroatoms. The smallest absolute Gasteiger partial charge is 0.462 e. The molecule has 44 heavy (non-hydrogen) atoms. The van der Waals surface area contributed by atoms with Crippen molar-refractivity contribution in [3.8, 4) is 0 Å². The van der Waals surface area contributed by atoms with Crippen LogP contribution in [0.5, 0.6) is 0 Å². The van der Waals surface area contributed by atoms with E-state index in [4.69, 9.17) is 28.3 Å². The van der Waals surface area contributed by atoms with Gasteiger partial charge in [-0.1, -0.05) is 65.2 Å². The first-order chi connectivity index (χ1) is 20.1. The van der Waals surface area contributed by atoms with Crippen molar-refractivity contribution < 1.29 is 76.9 Å². The van der Waals surface area contributed by atoms with Crippen molar-refractivity contribution in [1.82, 2.24) is 0 Å². The zero-order chi connectivity index (χ0) is 32.6. The number of aliphatic hydroxyl groups is 4. The maximum atomic E-state index is 12.7. The summed E-state index contributed by atoms with van der Waals surface area (Å²) in [6.45, 7) is 2.77. The largest absolute Gasteiger partial charge is 0.472 e. The second-order valence-corrected chi connectivity index (χ2v) is 13.1. The molecule has 0 saturated heterocycles. The van der Waals surface area contributed by atoms with Gasteiger partial charge in [0.2, 0.25) is 0 Å². The summed E-state index contributed by atoms with van der Waals surface area (Å²) in [5.41, 5.74) is 0. The Morgan fingerprint density at radius 3 is 1.64 bits per heavy atom. The Labute approximate surface area is 279 Å². The summed E-state index contributed by atoms with van der Waals surface area (Å²) >= 11 is 0. The molecule has 0 aliphatic heterocycles. The van der Waals surface area contributed by atoms with Gasteiger partial charge < -0.3 is 44.6 Å². The number of carbonyl (C=O) groups is 2. The maximum absolute atomic E-state index is 12.7. The van der Waals surface area contributed by atoms with Crippen molar-refractivity contribution in [2.75, 3.05) is 13.2 Å². The summed E-state index contributed by atoms with van der Waals surface area (Å²) in [5.74, 6) is -1.24. The van der Waals surface area contributed by atoms with E-state index in [1.54, 1.807) is 0 Å². The van der Waals surface area contributed by atoms with Gasteiger partial charge in [-0.3, -0.25) is 23.2 Å². The molecular formula is C25H48NaO16P2. The second kappa shape index (κ2) is 22.5. The molecule has 1 rings (SSSR count). The van der Waals surface area contributed by atoms with Crippen LogP contribution in [0.2, 0.25) is 0 Å². The average molecular weight is 690 g/mol. The molecule has 255 valence electrons. The van der Waals surface area contributed by atoms with E-state index in [0.717, 1.165) is 51.4 Å². The Hall–Kier alpha value is 0. The molecule has 0 aromatic carbocycles. The first kappa shape index (κ1) is 44.0. The topological polar surface area (TPSA) is 256 Å². The van der Waals surface area contributed by atoms with E-state index in [2.05, 4.69) is 11.4 Å². The van der Waals surface area contributed by atoms with Crippen LogP contribution >= 0.6 is 15.6 Å². The van der Waals surface area contributed by atoms with Crippen LogP contribution in [0.4, 0.5) is 0 Å². The van der Waals surface area contributed by atoms with Crippen LogP contribution in [-0.2, 0) is 41.8 Å². The third kappa shape index (κ3) is 17.8. The number of ether oxygens (including phenoxy) is 2. The molecule has 0 aromatic heterocycles. The molecule has 1 aliphatic rings. The summed E-state index contributed by atoms with van der Waals surface area (Å²) in [4.78, 5) is 52.8. The normalized spacial score (nSPS) is 25.8. The van der Waals surface area contributed by atoms with E-state index in [1.165, 1.54) is 0 Å². The number of hydrogen-bond donors (Lipinski definition) is 7. The SMILES string of the molecule is CCCCCCCC(=O)OC[C@H](COP(=O)(O)O[C@@H]1[C@H](O)[C@H](OP(=O)(O)O)[C@@H](O)[C@H](O)[C@H]1O)OC(=O)CCCCCCC.[Na]. The molecule has 7 N–H and O–H groups in total. The number of rotatable bonds is 22. The molecule has 1 aliphatic carbocycles. The molecule has 16 nitrogen and oxygen atoms in total. The molecule has 0 aromatic rings. The van der Waals surface area contributed by atoms with Crippen molar-refractivity contribution in [2.45, 2.75) is 134 Å². The van der Waals surface area contributed by atoms with E-state index in [1.807, 2.05) is 6.92 Å². The molecular weight excluding hydrogens is 641 g/mol. The standard InChI is InChI=1S/C25H48O16P2.Na/c1-3-5-7-9-11-13-18(26)37-15-17(39-19(27)14-12-10-8-6-4-2)16-38-43(35,36)41-25-22(30)20(28)21(29)24(23(25)31)40-42(32,33)34;/h17,20-25,28-31H,3-16H2,1-2H3,(H,35,36)(H2,32,33,34);/t17-,20+,21+,22-,23-,24-,25+;/m1./s1. The Balaban J connectivity index is 0.0000185. The minimum Gasteiger partial charge on any atom is -0.462 e. The second-order valence-electron chi connectivity index (χ2n) is 10.5. The fraction of sp³-hybridized carbons (Fsp3) is 0.920. The predicted octanol–water partition coefficient (Wildman–Crippen LogP) is 1.22. The molecule has 1 unspecified atom stereocenters. The zero-order valence-electron chi connectivity index (χ0n) is 25.6. The average Bonchev–Trinajstić information content (AvgIpc) is 2.93. The van der Waals surface area contributed by atoms with E-state index in [-0.39, 0.29) is 42.4 Å². The van der Waals surface area contributed by atoms with E-state index in [9.17, 15) is 44.0 Å². The fourth-order valence-electron chi connectivity index (χ4n) is 4.32. The molecule has 0 heterocycles. The Morgan fingerprint density at radius 1 is 0.659 bits per heavy atom. The molecule has 1 radical (unpaired) electrons. The monoisotopic (exact) mass is 689 g/mol. The summed E-state index contributed by atoms with van der Waals surface area (Å²) in [5, 5.41) is 40.6. The number of unbranched alkanes of at least 4 members (excludes halogenated alkanes) is 8. The number of phosphoric acid groups is 2. The van der Waals surface area contributed by atoms with Gasteiger partial charge in [0.05, 0.1) is 6.61 Å². The minimum absolute atomic E-state index is 0. The number of esters is 2. The molecule has 1 fully saturated rings. The molecule has 0 bridgehead atoms. The van der Waals surface area contributed by atoms with Crippen LogP contribution in [-0.4, -0.2) is 133 Å². The Kier molecular flexibility index (Phi) is 22.5. The Morgan fingerprint density at radius 2 is 1.14 bits per heavy atom.